The van der Waals surface area contributed by atoms with Gasteiger partial charge in [0, 0.05) is 0 Å². The molecule has 1 heterocycles. The van der Waals surface area contributed by atoms with Gasteiger partial charge < -0.3 is 5.32 Å². The number of rotatable bonds is 8. The van der Waals surface area contributed by atoms with Gasteiger partial charge in [-0.3, -0.25) is 9.52 Å². The fourth-order valence-corrected chi connectivity index (χ4v) is 5.30. The monoisotopic (exact) mass is 476 g/mol. The van der Waals surface area contributed by atoms with E-state index >= 15 is 0 Å². The second kappa shape index (κ2) is 9.65. The third-order valence-corrected chi connectivity index (χ3v) is 7.35. The molecule has 1 saturated carbocycles. The Morgan fingerprint density at radius 3 is 2.50 bits per heavy atom. The van der Waals surface area contributed by atoms with Gasteiger partial charge in [-0.15, -0.1) is 5.10 Å². The van der Waals surface area contributed by atoms with Gasteiger partial charge in [-0.25, -0.2) is 17.5 Å². The van der Waals surface area contributed by atoms with Gasteiger partial charge in [-0.2, -0.15) is 0 Å². The average molecular weight is 477 g/mol. The van der Waals surface area contributed by atoms with Crippen LogP contribution in [0.4, 0.5) is 15.8 Å². The molecule has 2 N–H and O–H groups in total. The van der Waals surface area contributed by atoms with E-state index in [1.54, 1.807) is 22.9 Å². The van der Waals surface area contributed by atoms with Crippen molar-refractivity contribution in [2.24, 2.45) is 0 Å². The molecular formula is C20H21FN6O3S2. The Hall–Kier alpha value is -2.99. The Balaban J connectivity index is 1.41. The van der Waals surface area contributed by atoms with Crippen LogP contribution < -0.4 is 10.0 Å². The third-order valence-electron chi connectivity index (χ3n) is 5.03. The number of nitrogens with zero attached hydrogens (tertiary/aromatic N) is 4. The molecule has 12 heteroatoms. The first-order valence-corrected chi connectivity index (χ1v) is 12.5. The maximum Gasteiger partial charge on any atom is 0.261 e. The zero-order valence-corrected chi connectivity index (χ0v) is 18.6. The highest BCUT2D eigenvalue weighted by molar-refractivity contribution is 7.99. The number of aromatic nitrogens is 4. The summed E-state index contributed by atoms with van der Waals surface area (Å²) in [6.07, 6.45) is 4.32. The molecule has 1 aliphatic carbocycles. The predicted molar refractivity (Wildman–Crippen MR) is 118 cm³/mol. The number of anilines is 2. The Labute approximate surface area is 188 Å². The van der Waals surface area contributed by atoms with Crippen molar-refractivity contribution in [1.82, 2.24) is 20.2 Å². The van der Waals surface area contributed by atoms with Crippen molar-refractivity contribution in [2.45, 2.75) is 41.8 Å². The molecule has 0 saturated heterocycles. The van der Waals surface area contributed by atoms with Gasteiger partial charge in [0.05, 0.1) is 28.1 Å². The number of carbonyl (C=O) groups is 1. The summed E-state index contributed by atoms with van der Waals surface area (Å²) in [5.41, 5.74) is 0.505. The van der Waals surface area contributed by atoms with Crippen LogP contribution in [0.25, 0.3) is 0 Å². The van der Waals surface area contributed by atoms with Crippen LogP contribution in [0.5, 0.6) is 0 Å². The lowest BCUT2D eigenvalue weighted by Crippen LogP contribution is -2.18. The molecule has 1 amide bonds. The topological polar surface area (TPSA) is 119 Å². The number of hydrogen-bond donors (Lipinski definition) is 2. The normalized spacial score (nSPS) is 14.4. The van der Waals surface area contributed by atoms with E-state index in [-0.39, 0.29) is 28.3 Å². The molecule has 1 fully saturated rings. The fraction of sp³-hybridized carbons (Fsp3) is 0.300. The summed E-state index contributed by atoms with van der Waals surface area (Å²) in [4.78, 5) is 12.4. The molecule has 1 aliphatic rings. The van der Waals surface area contributed by atoms with E-state index in [0.29, 0.717) is 10.8 Å². The second-order valence-corrected chi connectivity index (χ2v) is 9.91. The first-order chi connectivity index (χ1) is 15.4. The molecule has 0 spiro atoms. The molecular weight excluding hydrogens is 455 g/mol. The highest BCUT2D eigenvalue weighted by Crippen LogP contribution is 2.31. The fourth-order valence-electron chi connectivity index (χ4n) is 3.47. The molecule has 1 aromatic heterocycles. The lowest BCUT2D eigenvalue weighted by molar-refractivity contribution is -0.113. The first-order valence-electron chi connectivity index (χ1n) is 10.0. The van der Waals surface area contributed by atoms with Gasteiger partial charge >= 0.3 is 0 Å². The van der Waals surface area contributed by atoms with Crippen LogP contribution in [-0.2, 0) is 14.8 Å². The van der Waals surface area contributed by atoms with Crippen molar-refractivity contribution in [3.05, 3.63) is 54.3 Å². The van der Waals surface area contributed by atoms with E-state index in [9.17, 15) is 17.6 Å². The van der Waals surface area contributed by atoms with E-state index in [1.807, 2.05) is 0 Å². The molecule has 3 aromatic rings. The van der Waals surface area contributed by atoms with Gasteiger partial charge in [-0.1, -0.05) is 36.7 Å². The molecule has 0 unspecified atom stereocenters. The summed E-state index contributed by atoms with van der Waals surface area (Å²) in [5, 5.41) is 15.1. The number of nitrogens with one attached hydrogen (secondary N) is 2. The number of para-hydroxylation sites is 2. The largest absolute Gasteiger partial charge is 0.324 e. The van der Waals surface area contributed by atoms with Crippen LogP contribution in [0.15, 0.2) is 58.6 Å². The zero-order chi connectivity index (χ0) is 22.6. The summed E-state index contributed by atoms with van der Waals surface area (Å²) in [5.74, 6) is -0.802. The van der Waals surface area contributed by atoms with Gasteiger partial charge in [0.1, 0.15) is 5.82 Å². The van der Waals surface area contributed by atoms with Crippen molar-refractivity contribution in [3.8, 4) is 0 Å². The average Bonchev–Trinajstić information content (AvgIpc) is 3.45. The molecule has 0 aliphatic heterocycles. The Bertz CT molecular complexity index is 1190. The van der Waals surface area contributed by atoms with E-state index in [4.69, 9.17) is 0 Å². The van der Waals surface area contributed by atoms with Gasteiger partial charge in [0.25, 0.3) is 10.0 Å². The molecule has 32 heavy (non-hydrogen) atoms. The quantitative estimate of drug-likeness (QED) is 0.478. The van der Waals surface area contributed by atoms with E-state index in [1.165, 1.54) is 30.0 Å². The molecule has 2 aromatic carbocycles. The molecule has 0 radical (unpaired) electrons. The number of tetrazole rings is 1. The predicted octanol–water partition coefficient (Wildman–Crippen LogP) is 3.46. The second-order valence-electron chi connectivity index (χ2n) is 7.29. The number of thioether (sulfide) groups is 1. The summed E-state index contributed by atoms with van der Waals surface area (Å²) >= 11 is 1.23. The SMILES string of the molecule is O=C(CSc1nnnn1C1CCCC1)Nc1ccccc1NS(=O)(=O)c1ccc(F)cc1. The molecule has 0 bridgehead atoms. The first kappa shape index (κ1) is 22.2. The van der Waals surface area contributed by atoms with Crippen molar-refractivity contribution >= 4 is 39.1 Å². The standard InChI is InChI=1S/C20H21FN6O3S2/c21-14-9-11-16(12-10-14)32(29,30)24-18-8-4-3-7-17(18)22-19(28)13-31-20-23-25-26-27(20)15-5-1-2-6-15/h3-4,7-12,15,24H,1-2,5-6,13H2,(H,22,28). The van der Waals surface area contributed by atoms with Gasteiger partial charge in [-0.05, 0) is 59.7 Å². The lowest BCUT2D eigenvalue weighted by Gasteiger charge is -2.14. The maximum absolute atomic E-state index is 13.1. The lowest BCUT2D eigenvalue weighted by atomic mass is 10.3. The molecule has 168 valence electrons. The minimum absolute atomic E-state index is 0.0616. The summed E-state index contributed by atoms with van der Waals surface area (Å²) < 4.78 is 42.6. The highest BCUT2D eigenvalue weighted by atomic mass is 32.2. The Kier molecular flexibility index (Phi) is 6.70. The number of carbonyl (C=O) groups excluding carboxylic acids is 1. The number of halogens is 1. The number of hydrogen-bond acceptors (Lipinski definition) is 7. The summed E-state index contributed by atoms with van der Waals surface area (Å²) in [6.45, 7) is 0. The molecule has 4 rings (SSSR count). The number of amides is 1. The van der Waals surface area contributed by atoms with Crippen LogP contribution in [-0.4, -0.2) is 40.3 Å². The molecule has 0 atom stereocenters. The smallest absolute Gasteiger partial charge is 0.261 e. The van der Waals surface area contributed by atoms with E-state index < -0.39 is 15.8 Å². The maximum atomic E-state index is 13.1. The van der Waals surface area contributed by atoms with E-state index in [2.05, 4.69) is 25.6 Å². The van der Waals surface area contributed by atoms with E-state index in [0.717, 1.165) is 37.8 Å². The highest BCUT2D eigenvalue weighted by Gasteiger charge is 2.22. The van der Waals surface area contributed by atoms with Crippen LogP contribution >= 0.6 is 11.8 Å². The number of sulfonamides is 1. The summed E-state index contributed by atoms with van der Waals surface area (Å²) in [6, 6.07) is 11.2. The number of benzene rings is 2. The summed E-state index contributed by atoms with van der Waals surface area (Å²) in [7, 11) is -3.95. The van der Waals surface area contributed by atoms with Crippen LogP contribution in [0, 0.1) is 5.82 Å². The minimum atomic E-state index is -3.95. The van der Waals surface area contributed by atoms with Gasteiger partial charge in [0.2, 0.25) is 11.1 Å². The van der Waals surface area contributed by atoms with Crippen LogP contribution in [0.2, 0.25) is 0 Å². The van der Waals surface area contributed by atoms with Crippen LogP contribution in [0.1, 0.15) is 31.7 Å². The van der Waals surface area contributed by atoms with Gasteiger partial charge in [0.15, 0.2) is 0 Å². The minimum Gasteiger partial charge on any atom is -0.324 e. The third kappa shape index (κ3) is 5.25. The Morgan fingerprint density at radius 2 is 1.78 bits per heavy atom. The van der Waals surface area contributed by atoms with Crippen molar-refractivity contribution in [2.75, 3.05) is 15.8 Å². The molecule has 9 nitrogen and oxygen atoms in total. The van der Waals surface area contributed by atoms with Crippen LogP contribution in [0.3, 0.4) is 0 Å². The Morgan fingerprint density at radius 1 is 1.09 bits per heavy atom. The van der Waals surface area contributed by atoms with Crippen molar-refractivity contribution < 1.29 is 17.6 Å². The zero-order valence-electron chi connectivity index (χ0n) is 16.9. The van der Waals surface area contributed by atoms with Crippen molar-refractivity contribution in [1.29, 1.82) is 0 Å². The van der Waals surface area contributed by atoms with Crippen molar-refractivity contribution in [3.63, 3.8) is 0 Å².